The number of rotatable bonds is 3. The Bertz CT molecular complexity index is 563. The number of carbonyl (C=O) groups is 2. The van der Waals surface area contributed by atoms with E-state index in [1.807, 2.05) is 0 Å². The lowest BCUT2D eigenvalue weighted by Gasteiger charge is -2.40. The summed E-state index contributed by atoms with van der Waals surface area (Å²) in [4.78, 5) is 31.4. The number of ether oxygens (including phenoxy) is 1. The van der Waals surface area contributed by atoms with Crippen LogP contribution in [-0.4, -0.2) is 54.8 Å². The molecule has 1 fully saturated rings. The van der Waals surface area contributed by atoms with Crippen molar-refractivity contribution in [2.24, 2.45) is 11.3 Å². The topological polar surface area (TPSA) is 59.1 Å². The fourth-order valence-corrected chi connectivity index (χ4v) is 2.33. The number of amides is 2. The molecular weight excluding hydrogens is 284 g/mol. The van der Waals surface area contributed by atoms with Crippen LogP contribution in [0.25, 0.3) is 0 Å². The van der Waals surface area contributed by atoms with Crippen LogP contribution in [0.15, 0.2) is 0 Å². The van der Waals surface area contributed by atoms with E-state index in [4.69, 9.17) is 17.8 Å². The van der Waals surface area contributed by atoms with Gasteiger partial charge < -0.3 is 9.64 Å². The quantitative estimate of drug-likeness (QED) is 0.750. The monoisotopic (exact) mass is 320 g/mol. The molecule has 0 aliphatic carbocycles. The smallest absolute Gasteiger partial charge is 0.410 e. The molecule has 128 valence electrons. The molecule has 0 saturated carbocycles. The van der Waals surface area contributed by atoms with E-state index in [1.165, 1.54) is 11.9 Å². The number of nitrogens with zero attached hydrogens (tertiary/aromatic N) is 2. The largest absolute Gasteiger partial charge is 0.444 e. The molecule has 0 unspecified atom stereocenters. The molecule has 0 aromatic carbocycles. The van der Waals surface area contributed by atoms with Crippen LogP contribution < -0.4 is 0 Å². The Morgan fingerprint density at radius 3 is 2.18 bits per heavy atom. The number of hydrogen-bond acceptors (Lipinski definition) is 4. The summed E-state index contributed by atoms with van der Waals surface area (Å²) in [5.41, 5.74) is -3.32. The van der Waals surface area contributed by atoms with Crippen molar-refractivity contribution < 1.29 is 27.4 Å². The predicted molar refractivity (Wildman–Crippen MR) is 84.1 cm³/mol. The van der Waals surface area contributed by atoms with Crippen molar-refractivity contribution in [1.29, 1.82) is 0 Å². The summed E-state index contributed by atoms with van der Waals surface area (Å²) in [5.74, 6) is -2.11. The Kier molecular flexibility index (Phi) is 3.51. The molecule has 0 atom stereocenters. The summed E-state index contributed by atoms with van der Waals surface area (Å²) in [6.45, 7) is -0.821. The van der Waals surface area contributed by atoms with Crippen molar-refractivity contribution in [3.05, 3.63) is 0 Å². The van der Waals surface area contributed by atoms with E-state index in [0.717, 1.165) is 7.11 Å². The fraction of sp³-hybridized carbons (Fsp3) is 0.875. The molecule has 0 bridgehead atoms. The van der Waals surface area contributed by atoms with Crippen molar-refractivity contribution in [2.75, 3.05) is 27.2 Å². The molecule has 2 amide bonds. The van der Waals surface area contributed by atoms with E-state index in [0.29, 0.717) is 5.06 Å². The maximum absolute atomic E-state index is 13.0. The van der Waals surface area contributed by atoms with Crippen LogP contribution in [0.5, 0.6) is 0 Å². The first-order valence-corrected chi connectivity index (χ1v) is 7.29. The molecule has 1 rings (SSSR count). The summed E-state index contributed by atoms with van der Waals surface area (Å²) >= 11 is 0. The summed E-state index contributed by atoms with van der Waals surface area (Å²) in [6.07, 6.45) is -0.474. The molecule has 1 heterocycles. The number of likely N-dealkylation sites (tertiary alicyclic amines) is 1. The van der Waals surface area contributed by atoms with Gasteiger partial charge in [-0.15, -0.1) is 0 Å². The number of hydrogen-bond donors (Lipinski definition) is 0. The van der Waals surface area contributed by atoms with Gasteiger partial charge in [-0.25, -0.2) is 9.86 Å². The van der Waals surface area contributed by atoms with E-state index in [-0.39, 0.29) is 25.9 Å². The predicted octanol–water partition coefficient (Wildman–Crippen LogP) is 2.68. The van der Waals surface area contributed by atoms with Crippen LogP contribution in [0.2, 0.25) is 0 Å². The summed E-state index contributed by atoms with van der Waals surface area (Å²) in [6, 6.07) is 0. The minimum absolute atomic E-state index is 0.0410. The van der Waals surface area contributed by atoms with E-state index >= 15 is 0 Å². The lowest BCUT2D eigenvalue weighted by Crippen LogP contribution is -2.48. The zero-order valence-corrected chi connectivity index (χ0v) is 13.9. The third-order valence-corrected chi connectivity index (χ3v) is 3.66. The normalized spacial score (nSPS) is 22.5. The highest BCUT2D eigenvalue weighted by molar-refractivity contribution is 5.81. The second-order valence-electron chi connectivity index (χ2n) is 6.53. The first-order chi connectivity index (χ1) is 12.5. The molecule has 6 heteroatoms. The van der Waals surface area contributed by atoms with Gasteiger partial charge in [-0.05, 0) is 39.5 Å². The average Bonchev–Trinajstić information content (AvgIpc) is 2.50. The third kappa shape index (κ3) is 4.60. The molecule has 0 spiro atoms. The van der Waals surface area contributed by atoms with Crippen LogP contribution in [-0.2, 0) is 14.4 Å². The molecule has 0 aromatic rings. The Morgan fingerprint density at radius 2 is 1.77 bits per heavy atom. The minimum atomic E-state index is -3.10. The fourth-order valence-electron chi connectivity index (χ4n) is 2.33. The van der Waals surface area contributed by atoms with E-state index < -0.39 is 42.6 Å². The lowest BCUT2D eigenvalue weighted by atomic mass is 9.73. The molecule has 1 saturated heterocycles. The van der Waals surface area contributed by atoms with Gasteiger partial charge >= 0.3 is 6.09 Å². The second kappa shape index (κ2) is 6.86. The van der Waals surface area contributed by atoms with Gasteiger partial charge in [0.05, 0.1) is 7.11 Å². The molecular formula is C16H30N2O4. The Balaban J connectivity index is 3.22. The van der Waals surface area contributed by atoms with Crippen molar-refractivity contribution in [1.82, 2.24) is 9.96 Å². The van der Waals surface area contributed by atoms with E-state index in [2.05, 4.69) is 0 Å². The maximum atomic E-state index is 13.0. The van der Waals surface area contributed by atoms with Gasteiger partial charge in [-0.1, -0.05) is 13.7 Å². The highest BCUT2D eigenvalue weighted by Crippen LogP contribution is 2.36. The molecule has 22 heavy (non-hydrogen) atoms. The maximum Gasteiger partial charge on any atom is 0.410 e. The molecule has 6 nitrogen and oxygen atoms in total. The zero-order valence-electron chi connectivity index (χ0n) is 19.9. The second-order valence-corrected chi connectivity index (χ2v) is 6.53. The molecule has 0 radical (unpaired) electrons. The summed E-state index contributed by atoms with van der Waals surface area (Å²) < 4.78 is 53.0. The SMILES string of the molecule is [2H]C([2H])([2H])C(C(=O)N(C)OC)(C1CCN(C(=O)OC(C)(C)C)CC1)C([2H])([2H])[2H]. The number of piperidine rings is 1. The number of hydroxylamine groups is 2. The lowest BCUT2D eigenvalue weighted by molar-refractivity contribution is -0.182. The Labute approximate surface area is 142 Å². The van der Waals surface area contributed by atoms with Gasteiger partial charge in [0.1, 0.15) is 5.60 Å². The van der Waals surface area contributed by atoms with Gasteiger partial charge in [0.2, 0.25) is 0 Å². The minimum Gasteiger partial charge on any atom is -0.444 e. The van der Waals surface area contributed by atoms with Gasteiger partial charge in [0, 0.05) is 33.8 Å². The van der Waals surface area contributed by atoms with Gasteiger partial charge in [-0.3, -0.25) is 9.63 Å². The molecule has 0 aromatic heterocycles. The van der Waals surface area contributed by atoms with Crippen LogP contribution >= 0.6 is 0 Å². The average molecular weight is 320 g/mol. The van der Waals surface area contributed by atoms with Gasteiger partial charge in [0.15, 0.2) is 0 Å². The van der Waals surface area contributed by atoms with Crippen LogP contribution in [0.1, 0.15) is 55.5 Å². The van der Waals surface area contributed by atoms with E-state index in [1.54, 1.807) is 20.8 Å². The Hall–Kier alpha value is -1.30. The first kappa shape index (κ1) is 11.3. The summed E-state index contributed by atoms with van der Waals surface area (Å²) in [7, 11) is 2.34. The highest BCUT2D eigenvalue weighted by Gasteiger charge is 2.41. The summed E-state index contributed by atoms with van der Waals surface area (Å²) in [5, 5.41) is 0.652. The van der Waals surface area contributed by atoms with Crippen molar-refractivity contribution >= 4 is 12.0 Å². The molecule has 0 N–H and O–H groups in total. The van der Waals surface area contributed by atoms with Crippen LogP contribution in [0.3, 0.4) is 0 Å². The highest BCUT2D eigenvalue weighted by atomic mass is 16.7. The third-order valence-electron chi connectivity index (χ3n) is 3.66. The van der Waals surface area contributed by atoms with Crippen molar-refractivity contribution in [3.63, 3.8) is 0 Å². The zero-order chi connectivity index (χ0) is 22.1. The Morgan fingerprint density at radius 1 is 1.23 bits per heavy atom. The van der Waals surface area contributed by atoms with Crippen molar-refractivity contribution in [3.8, 4) is 0 Å². The van der Waals surface area contributed by atoms with Gasteiger partial charge in [-0.2, -0.15) is 0 Å². The molecule has 1 aliphatic heterocycles. The van der Waals surface area contributed by atoms with Gasteiger partial charge in [0.25, 0.3) is 5.91 Å². The first-order valence-electron chi connectivity index (χ1n) is 10.3. The van der Waals surface area contributed by atoms with Crippen LogP contribution in [0, 0.1) is 11.3 Å². The van der Waals surface area contributed by atoms with E-state index in [9.17, 15) is 9.59 Å². The standard InChI is InChI=1S/C16H30N2O4/c1-15(2,3)22-14(20)18-10-8-12(9-11-18)16(4,5)13(19)17(6)21-7/h12H,8-11H2,1-7H3/i4D3,5D3. The van der Waals surface area contributed by atoms with Crippen molar-refractivity contribution in [2.45, 2.75) is 52.9 Å². The number of carbonyl (C=O) groups excluding carboxylic acids is 2. The molecule has 1 aliphatic rings. The van der Waals surface area contributed by atoms with Crippen LogP contribution in [0.4, 0.5) is 4.79 Å².